The SMILES string of the molecule is CN=C(NCCc1cccs1)NCc1ccnc(N2CCCCCC2)c1. The zero-order valence-corrected chi connectivity index (χ0v) is 16.4. The molecular formula is C20H29N5S. The first-order valence-electron chi connectivity index (χ1n) is 9.52. The van der Waals surface area contributed by atoms with Crippen LogP contribution < -0.4 is 15.5 Å². The van der Waals surface area contributed by atoms with Crippen molar-refractivity contribution < 1.29 is 0 Å². The molecule has 26 heavy (non-hydrogen) atoms. The molecule has 2 aromatic rings. The molecule has 6 heteroatoms. The van der Waals surface area contributed by atoms with Crippen molar-refractivity contribution in [3.8, 4) is 0 Å². The molecule has 3 rings (SSSR count). The van der Waals surface area contributed by atoms with Crippen molar-refractivity contribution in [1.29, 1.82) is 0 Å². The van der Waals surface area contributed by atoms with Crippen LogP contribution in [0, 0.1) is 0 Å². The zero-order chi connectivity index (χ0) is 18.0. The normalized spacial score (nSPS) is 15.6. The van der Waals surface area contributed by atoms with E-state index >= 15 is 0 Å². The van der Waals surface area contributed by atoms with Crippen molar-refractivity contribution in [2.45, 2.75) is 38.6 Å². The highest BCUT2D eigenvalue weighted by molar-refractivity contribution is 7.09. The predicted octanol–water partition coefficient (Wildman–Crippen LogP) is 3.43. The van der Waals surface area contributed by atoms with Crippen LogP contribution in [0.3, 0.4) is 0 Å². The number of aromatic nitrogens is 1. The summed E-state index contributed by atoms with van der Waals surface area (Å²) in [7, 11) is 1.82. The third-order valence-electron chi connectivity index (χ3n) is 4.67. The van der Waals surface area contributed by atoms with Crippen LogP contribution in [-0.4, -0.2) is 37.6 Å². The second-order valence-corrected chi connectivity index (χ2v) is 7.64. The van der Waals surface area contributed by atoms with Gasteiger partial charge in [0.2, 0.25) is 0 Å². The molecule has 0 radical (unpaired) electrons. The number of hydrogen-bond donors (Lipinski definition) is 2. The number of anilines is 1. The molecule has 3 heterocycles. The Hall–Kier alpha value is -2.08. The fraction of sp³-hybridized carbons (Fsp3) is 0.500. The first-order chi connectivity index (χ1) is 12.8. The van der Waals surface area contributed by atoms with E-state index in [4.69, 9.17) is 0 Å². The molecule has 0 aromatic carbocycles. The van der Waals surface area contributed by atoms with E-state index in [9.17, 15) is 0 Å². The Labute approximate surface area is 160 Å². The Morgan fingerprint density at radius 2 is 2.04 bits per heavy atom. The van der Waals surface area contributed by atoms with Gasteiger partial charge in [-0.1, -0.05) is 18.9 Å². The van der Waals surface area contributed by atoms with Crippen molar-refractivity contribution in [3.05, 3.63) is 46.3 Å². The van der Waals surface area contributed by atoms with Gasteiger partial charge in [0.25, 0.3) is 0 Å². The van der Waals surface area contributed by atoms with Crippen molar-refractivity contribution in [2.75, 3.05) is 31.6 Å². The van der Waals surface area contributed by atoms with E-state index in [1.807, 2.05) is 13.2 Å². The minimum absolute atomic E-state index is 0.752. The number of nitrogens with zero attached hydrogens (tertiary/aromatic N) is 3. The summed E-state index contributed by atoms with van der Waals surface area (Å²) in [6, 6.07) is 8.55. The Balaban J connectivity index is 1.48. The number of guanidine groups is 1. The van der Waals surface area contributed by atoms with Crippen LogP contribution in [0.1, 0.15) is 36.1 Å². The average Bonchev–Trinajstić information content (AvgIpc) is 3.04. The molecule has 2 N–H and O–H groups in total. The van der Waals surface area contributed by atoms with Gasteiger partial charge < -0.3 is 15.5 Å². The first-order valence-corrected chi connectivity index (χ1v) is 10.4. The highest BCUT2D eigenvalue weighted by atomic mass is 32.1. The van der Waals surface area contributed by atoms with Gasteiger partial charge in [0.1, 0.15) is 5.82 Å². The molecular weight excluding hydrogens is 342 g/mol. The van der Waals surface area contributed by atoms with E-state index in [1.165, 1.54) is 36.1 Å². The molecule has 2 aromatic heterocycles. The predicted molar refractivity (Wildman–Crippen MR) is 111 cm³/mol. The third kappa shape index (κ3) is 5.73. The minimum Gasteiger partial charge on any atom is -0.357 e. The van der Waals surface area contributed by atoms with Crippen LogP contribution in [0.2, 0.25) is 0 Å². The summed E-state index contributed by atoms with van der Waals surface area (Å²) < 4.78 is 0. The number of nitrogens with one attached hydrogen (secondary N) is 2. The monoisotopic (exact) mass is 371 g/mol. The van der Waals surface area contributed by atoms with Gasteiger partial charge in [-0.3, -0.25) is 4.99 Å². The largest absolute Gasteiger partial charge is 0.357 e. The summed E-state index contributed by atoms with van der Waals surface area (Å²) in [5.41, 5.74) is 1.24. The summed E-state index contributed by atoms with van der Waals surface area (Å²) in [6.45, 7) is 3.88. The lowest BCUT2D eigenvalue weighted by Crippen LogP contribution is -2.37. The molecule has 0 aliphatic carbocycles. The third-order valence-corrected chi connectivity index (χ3v) is 5.60. The summed E-state index contributed by atoms with van der Waals surface area (Å²) in [4.78, 5) is 12.7. The molecule has 0 unspecified atom stereocenters. The van der Waals surface area contributed by atoms with Crippen molar-refractivity contribution in [1.82, 2.24) is 15.6 Å². The average molecular weight is 372 g/mol. The van der Waals surface area contributed by atoms with Crippen molar-refractivity contribution in [2.24, 2.45) is 4.99 Å². The number of hydrogen-bond acceptors (Lipinski definition) is 4. The standard InChI is InChI=1S/C20H29N5S/c1-21-20(23-11-9-18-7-6-14-26-18)24-16-17-8-10-22-19(15-17)25-12-4-2-3-5-13-25/h6-8,10,14-15H,2-5,9,11-13,16H2,1H3,(H2,21,23,24). The number of pyridine rings is 1. The Kier molecular flexibility index (Phi) is 7.31. The van der Waals surface area contributed by atoms with Crippen LogP contribution in [0.4, 0.5) is 5.82 Å². The van der Waals surface area contributed by atoms with Crippen LogP contribution in [0.5, 0.6) is 0 Å². The second-order valence-electron chi connectivity index (χ2n) is 6.61. The van der Waals surface area contributed by atoms with E-state index in [-0.39, 0.29) is 0 Å². The first kappa shape index (κ1) is 18.7. The summed E-state index contributed by atoms with van der Waals surface area (Å²) in [5.74, 6) is 1.95. The van der Waals surface area contributed by atoms with Gasteiger partial charge in [0.05, 0.1) is 0 Å². The molecule has 5 nitrogen and oxygen atoms in total. The maximum atomic E-state index is 4.58. The molecule has 1 fully saturated rings. The van der Waals surface area contributed by atoms with Gasteiger partial charge in [0.15, 0.2) is 5.96 Å². The number of rotatable bonds is 6. The quantitative estimate of drug-likeness (QED) is 0.603. The van der Waals surface area contributed by atoms with Crippen molar-refractivity contribution in [3.63, 3.8) is 0 Å². The highest BCUT2D eigenvalue weighted by Crippen LogP contribution is 2.18. The molecule has 1 saturated heterocycles. The summed E-state index contributed by atoms with van der Waals surface area (Å²) >= 11 is 1.80. The summed E-state index contributed by atoms with van der Waals surface area (Å²) in [5, 5.41) is 8.91. The smallest absolute Gasteiger partial charge is 0.191 e. The van der Waals surface area contributed by atoms with E-state index in [0.29, 0.717) is 0 Å². The number of aliphatic imine (C=N–C) groups is 1. The molecule has 0 bridgehead atoms. The number of thiophene rings is 1. The molecule has 1 aliphatic rings. The molecule has 0 saturated carbocycles. The van der Waals surface area contributed by atoms with Crippen LogP contribution in [-0.2, 0) is 13.0 Å². The topological polar surface area (TPSA) is 52.6 Å². The van der Waals surface area contributed by atoms with Gasteiger partial charge in [-0.2, -0.15) is 0 Å². The van der Waals surface area contributed by atoms with Crippen molar-refractivity contribution >= 4 is 23.1 Å². The lowest BCUT2D eigenvalue weighted by Gasteiger charge is -2.22. The van der Waals surface area contributed by atoms with Crippen LogP contribution in [0.15, 0.2) is 40.8 Å². The van der Waals surface area contributed by atoms with E-state index < -0.39 is 0 Å². The Morgan fingerprint density at radius 3 is 2.77 bits per heavy atom. The molecule has 140 valence electrons. The molecule has 0 atom stereocenters. The van der Waals surface area contributed by atoms with Gasteiger partial charge in [0, 0.05) is 44.3 Å². The van der Waals surface area contributed by atoms with Gasteiger partial charge in [-0.05, 0) is 48.4 Å². The lowest BCUT2D eigenvalue weighted by atomic mass is 10.2. The maximum Gasteiger partial charge on any atom is 0.191 e. The Bertz CT molecular complexity index is 675. The maximum absolute atomic E-state index is 4.58. The highest BCUT2D eigenvalue weighted by Gasteiger charge is 2.11. The second kappa shape index (κ2) is 10.2. The fourth-order valence-electron chi connectivity index (χ4n) is 3.21. The lowest BCUT2D eigenvalue weighted by molar-refractivity contribution is 0.726. The Morgan fingerprint density at radius 1 is 1.19 bits per heavy atom. The zero-order valence-electron chi connectivity index (χ0n) is 15.6. The fourth-order valence-corrected chi connectivity index (χ4v) is 3.92. The van der Waals surface area contributed by atoms with Crippen LogP contribution >= 0.6 is 11.3 Å². The molecule has 0 spiro atoms. The minimum atomic E-state index is 0.752. The van der Waals surface area contributed by atoms with E-state index in [1.54, 1.807) is 11.3 Å². The van der Waals surface area contributed by atoms with Gasteiger partial charge in [-0.15, -0.1) is 11.3 Å². The molecule has 0 amide bonds. The van der Waals surface area contributed by atoms with E-state index in [2.05, 4.69) is 55.2 Å². The van der Waals surface area contributed by atoms with Crippen LogP contribution in [0.25, 0.3) is 0 Å². The van der Waals surface area contributed by atoms with Gasteiger partial charge in [-0.25, -0.2) is 4.98 Å². The molecule has 1 aliphatic heterocycles. The summed E-state index contributed by atoms with van der Waals surface area (Å²) in [6.07, 6.45) is 8.16. The van der Waals surface area contributed by atoms with E-state index in [0.717, 1.165) is 44.4 Å². The van der Waals surface area contributed by atoms with Gasteiger partial charge >= 0.3 is 0 Å².